The highest BCUT2D eigenvalue weighted by Gasteiger charge is 1.94. The number of rotatable bonds is 2. The van der Waals surface area contributed by atoms with Gasteiger partial charge in [-0.1, -0.05) is 26.0 Å². The van der Waals surface area contributed by atoms with Crippen molar-refractivity contribution in [1.29, 1.82) is 0 Å². The van der Waals surface area contributed by atoms with Gasteiger partial charge in [-0.15, -0.1) is 11.8 Å². The molecular formula is C9H11S. The molecule has 1 heteroatoms. The standard InChI is InChI=1S/C9H11S/c1-8(2)10-9-6-4-3-5-7-9/h4-8H,1-2H3. The second-order valence-corrected chi connectivity index (χ2v) is 4.05. The van der Waals surface area contributed by atoms with Crippen molar-refractivity contribution in [3.63, 3.8) is 0 Å². The summed E-state index contributed by atoms with van der Waals surface area (Å²) < 4.78 is 0. The van der Waals surface area contributed by atoms with Crippen LogP contribution in [0.4, 0.5) is 0 Å². The predicted molar refractivity (Wildman–Crippen MR) is 46.3 cm³/mol. The molecule has 0 atom stereocenters. The summed E-state index contributed by atoms with van der Waals surface area (Å²) in [5.74, 6) is 0. The molecule has 0 nitrogen and oxygen atoms in total. The van der Waals surface area contributed by atoms with Crippen LogP contribution in [-0.2, 0) is 0 Å². The van der Waals surface area contributed by atoms with Gasteiger partial charge in [0.15, 0.2) is 0 Å². The van der Waals surface area contributed by atoms with E-state index >= 15 is 0 Å². The Bertz CT molecular complexity index is 179. The zero-order valence-electron chi connectivity index (χ0n) is 6.29. The summed E-state index contributed by atoms with van der Waals surface area (Å²) in [6.07, 6.45) is 0. The van der Waals surface area contributed by atoms with Crippen LogP contribution < -0.4 is 0 Å². The minimum absolute atomic E-state index is 0.669. The predicted octanol–water partition coefficient (Wildman–Crippen LogP) is 2.99. The molecule has 0 aliphatic carbocycles. The van der Waals surface area contributed by atoms with E-state index in [1.54, 1.807) is 0 Å². The topological polar surface area (TPSA) is 0 Å². The summed E-state index contributed by atoms with van der Waals surface area (Å²) in [7, 11) is 0. The quantitative estimate of drug-likeness (QED) is 0.585. The third-order valence-corrected chi connectivity index (χ3v) is 2.08. The van der Waals surface area contributed by atoms with Gasteiger partial charge in [-0.3, -0.25) is 0 Å². The van der Waals surface area contributed by atoms with E-state index in [0.29, 0.717) is 5.25 Å². The van der Waals surface area contributed by atoms with Crippen LogP contribution in [0.3, 0.4) is 0 Å². The first-order chi connectivity index (χ1) is 4.79. The number of benzene rings is 1. The lowest BCUT2D eigenvalue weighted by Gasteiger charge is -2.02. The van der Waals surface area contributed by atoms with Crippen LogP contribution >= 0.6 is 11.8 Å². The Labute approximate surface area is 66.6 Å². The van der Waals surface area contributed by atoms with Gasteiger partial charge in [-0.2, -0.15) is 0 Å². The Morgan fingerprint density at radius 1 is 1.30 bits per heavy atom. The highest BCUT2D eigenvalue weighted by atomic mass is 32.2. The van der Waals surface area contributed by atoms with Crippen molar-refractivity contribution < 1.29 is 0 Å². The molecule has 1 aromatic rings. The molecule has 0 saturated carbocycles. The van der Waals surface area contributed by atoms with Crippen LogP contribution in [0.5, 0.6) is 0 Å². The summed E-state index contributed by atoms with van der Waals surface area (Å²) >= 11 is 1.88. The Morgan fingerprint density at radius 3 is 2.40 bits per heavy atom. The van der Waals surface area contributed by atoms with Crippen LogP contribution in [0.2, 0.25) is 0 Å². The molecule has 0 saturated heterocycles. The lowest BCUT2D eigenvalue weighted by molar-refractivity contribution is 1.11. The summed E-state index contributed by atoms with van der Waals surface area (Å²) in [6.45, 7) is 4.39. The molecule has 1 aromatic carbocycles. The van der Waals surface area contributed by atoms with E-state index in [1.807, 2.05) is 23.9 Å². The maximum Gasteiger partial charge on any atom is 0.00749 e. The fourth-order valence-corrected chi connectivity index (χ4v) is 1.56. The molecular weight excluding hydrogens is 140 g/mol. The van der Waals surface area contributed by atoms with E-state index < -0.39 is 0 Å². The summed E-state index contributed by atoms with van der Waals surface area (Å²) in [6, 6.07) is 11.1. The van der Waals surface area contributed by atoms with Crippen molar-refractivity contribution in [3.8, 4) is 0 Å². The third kappa shape index (κ3) is 2.44. The van der Waals surface area contributed by atoms with Crippen molar-refractivity contribution in [2.24, 2.45) is 0 Å². The fourth-order valence-electron chi connectivity index (χ4n) is 0.722. The smallest absolute Gasteiger partial charge is 0.00749 e. The molecule has 0 aliphatic rings. The van der Waals surface area contributed by atoms with E-state index in [2.05, 4.69) is 32.0 Å². The SMILES string of the molecule is CC(C)Sc1cc[c]cc1. The molecule has 0 spiro atoms. The normalized spacial score (nSPS) is 10.3. The lowest BCUT2D eigenvalue weighted by atomic mass is 10.4. The second-order valence-electron chi connectivity index (χ2n) is 2.40. The molecule has 0 fully saturated rings. The molecule has 1 rings (SSSR count). The van der Waals surface area contributed by atoms with Gasteiger partial charge in [0.25, 0.3) is 0 Å². The minimum atomic E-state index is 0.669. The van der Waals surface area contributed by atoms with Gasteiger partial charge in [0.1, 0.15) is 0 Å². The number of hydrogen-bond acceptors (Lipinski definition) is 1. The zero-order valence-corrected chi connectivity index (χ0v) is 7.11. The van der Waals surface area contributed by atoms with Crippen molar-refractivity contribution >= 4 is 11.8 Å². The first kappa shape index (κ1) is 7.67. The maximum atomic E-state index is 2.99. The fraction of sp³-hybridized carbons (Fsp3) is 0.333. The average Bonchev–Trinajstić information content (AvgIpc) is 1.88. The summed E-state index contributed by atoms with van der Waals surface area (Å²) in [5.41, 5.74) is 0. The van der Waals surface area contributed by atoms with E-state index in [9.17, 15) is 0 Å². The molecule has 0 heterocycles. The Morgan fingerprint density at radius 2 is 1.90 bits per heavy atom. The van der Waals surface area contributed by atoms with Crippen molar-refractivity contribution in [1.82, 2.24) is 0 Å². The van der Waals surface area contributed by atoms with Crippen molar-refractivity contribution in [3.05, 3.63) is 30.3 Å². The second kappa shape index (κ2) is 3.67. The van der Waals surface area contributed by atoms with Gasteiger partial charge >= 0.3 is 0 Å². The van der Waals surface area contributed by atoms with Gasteiger partial charge < -0.3 is 0 Å². The molecule has 53 valence electrons. The lowest BCUT2D eigenvalue weighted by Crippen LogP contribution is -1.84. The van der Waals surface area contributed by atoms with Crippen LogP contribution in [-0.4, -0.2) is 5.25 Å². The average molecular weight is 151 g/mol. The first-order valence-electron chi connectivity index (χ1n) is 3.42. The largest absolute Gasteiger partial charge is 0.123 e. The van der Waals surface area contributed by atoms with E-state index in [1.165, 1.54) is 4.90 Å². The molecule has 0 N–H and O–H groups in total. The third-order valence-electron chi connectivity index (χ3n) is 1.06. The summed E-state index contributed by atoms with van der Waals surface area (Å²) in [5, 5.41) is 0.669. The summed E-state index contributed by atoms with van der Waals surface area (Å²) in [4.78, 5) is 1.33. The molecule has 0 bridgehead atoms. The van der Waals surface area contributed by atoms with Gasteiger partial charge in [0.05, 0.1) is 0 Å². The van der Waals surface area contributed by atoms with Gasteiger partial charge in [-0.25, -0.2) is 0 Å². The molecule has 0 aromatic heterocycles. The van der Waals surface area contributed by atoms with Crippen molar-refractivity contribution in [2.45, 2.75) is 24.0 Å². The van der Waals surface area contributed by atoms with E-state index in [4.69, 9.17) is 0 Å². The van der Waals surface area contributed by atoms with E-state index in [-0.39, 0.29) is 0 Å². The van der Waals surface area contributed by atoms with Gasteiger partial charge in [0.2, 0.25) is 0 Å². The van der Waals surface area contributed by atoms with Gasteiger partial charge in [-0.05, 0) is 18.2 Å². The van der Waals surface area contributed by atoms with Crippen LogP contribution in [0.15, 0.2) is 29.2 Å². The van der Waals surface area contributed by atoms with E-state index in [0.717, 1.165) is 0 Å². The van der Waals surface area contributed by atoms with Crippen LogP contribution in [0.1, 0.15) is 13.8 Å². The minimum Gasteiger partial charge on any atom is -0.123 e. The highest BCUT2D eigenvalue weighted by molar-refractivity contribution is 7.99. The first-order valence-corrected chi connectivity index (χ1v) is 4.30. The Balaban J connectivity index is 2.59. The van der Waals surface area contributed by atoms with Crippen molar-refractivity contribution in [2.75, 3.05) is 0 Å². The molecule has 0 amide bonds. The number of hydrogen-bond donors (Lipinski definition) is 0. The molecule has 0 aliphatic heterocycles. The Kier molecular flexibility index (Phi) is 2.82. The maximum absolute atomic E-state index is 2.99. The zero-order chi connectivity index (χ0) is 7.40. The van der Waals surface area contributed by atoms with Crippen LogP contribution in [0, 0.1) is 6.07 Å². The molecule has 1 radical (unpaired) electrons. The van der Waals surface area contributed by atoms with Gasteiger partial charge in [0, 0.05) is 10.1 Å². The molecule has 10 heavy (non-hydrogen) atoms. The monoisotopic (exact) mass is 151 g/mol. The van der Waals surface area contributed by atoms with Crippen LogP contribution in [0.25, 0.3) is 0 Å². The Hall–Kier alpha value is -0.430. The molecule has 0 unspecified atom stereocenters. The number of thioether (sulfide) groups is 1. The highest BCUT2D eigenvalue weighted by Crippen LogP contribution is 2.21.